The molecule has 0 radical (unpaired) electrons. The van der Waals surface area contributed by atoms with Gasteiger partial charge in [0.2, 0.25) is 5.95 Å². The van der Waals surface area contributed by atoms with E-state index in [2.05, 4.69) is 20.6 Å². The van der Waals surface area contributed by atoms with Crippen LogP contribution in [0.2, 0.25) is 0 Å². The molecule has 8 nitrogen and oxygen atoms in total. The molecule has 1 aliphatic rings. The number of amides is 2. The van der Waals surface area contributed by atoms with Gasteiger partial charge >= 0.3 is 6.09 Å². The molecule has 2 aromatic carbocycles. The topological polar surface area (TPSA) is 107 Å². The molecule has 0 spiro atoms. The molecular formula is C20H19N5O3. The Kier molecular flexibility index (Phi) is 4.76. The van der Waals surface area contributed by atoms with E-state index in [1.807, 2.05) is 24.3 Å². The van der Waals surface area contributed by atoms with Crippen molar-refractivity contribution in [2.45, 2.75) is 12.5 Å². The zero-order valence-electron chi connectivity index (χ0n) is 15.0. The number of likely N-dealkylation sites (tertiary alicyclic amines) is 1. The van der Waals surface area contributed by atoms with Gasteiger partial charge in [-0.3, -0.25) is 10.1 Å². The normalized spacial score (nSPS) is 16.1. The molecule has 1 aliphatic heterocycles. The second kappa shape index (κ2) is 7.51. The molecule has 8 heteroatoms. The minimum atomic E-state index is -1.14. The molecule has 0 bridgehead atoms. The van der Waals surface area contributed by atoms with E-state index >= 15 is 0 Å². The zero-order valence-corrected chi connectivity index (χ0v) is 15.0. The summed E-state index contributed by atoms with van der Waals surface area (Å²) in [4.78, 5) is 34.0. The van der Waals surface area contributed by atoms with Gasteiger partial charge < -0.3 is 15.3 Å². The molecule has 142 valence electrons. The second-order valence-electron chi connectivity index (χ2n) is 6.64. The highest BCUT2D eigenvalue weighted by atomic mass is 16.4. The van der Waals surface area contributed by atoms with Crippen LogP contribution in [0.5, 0.6) is 0 Å². The average molecular weight is 377 g/mol. The molecule has 2 heterocycles. The average Bonchev–Trinajstić information content (AvgIpc) is 3.16. The molecule has 28 heavy (non-hydrogen) atoms. The third kappa shape index (κ3) is 3.85. The first-order valence-electron chi connectivity index (χ1n) is 8.96. The number of anilines is 2. The summed E-state index contributed by atoms with van der Waals surface area (Å²) < 4.78 is 0. The number of nitrogens with zero attached hydrogens (tertiary/aromatic N) is 3. The highest BCUT2D eigenvalue weighted by Gasteiger charge is 2.27. The number of aromatic nitrogens is 2. The van der Waals surface area contributed by atoms with E-state index in [1.54, 1.807) is 35.4 Å². The molecule has 0 aliphatic carbocycles. The minimum absolute atomic E-state index is 0.0781. The molecule has 1 aromatic heterocycles. The summed E-state index contributed by atoms with van der Waals surface area (Å²) in [5.41, 5.74) is 1.83. The fourth-order valence-electron chi connectivity index (χ4n) is 3.29. The zero-order chi connectivity index (χ0) is 19.5. The van der Waals surface area contributed by atoms with Crippen LogP contribution in [0.4, 0.5) is 16.4 Å². The maximum absolute atomic E-state index is 12.7. The number of carbonyl (C=O) groups excluding carboxylic acids is 1. The van der Waals surface area contributed by atoms with Gasteiger partial charge in [-0.05, 0) is 36.8 Å². The van der Waals surface area contributed by atoms with Crippen LogP contribution in [0.1, 0.15) is 16.8 Å². The molecule has 2 amide bonds. The number of carboxylic acid groups (broad SMARTS) is 1. The van der Waals surface area contributed by atoms with Crippen molar-refractivity contribution in [3.63, 3.8) is 0 Å². The van der Waals surface area contributed by atoms with Crippen LogP contribution in [0.3, 0.4) is 0 Å². The second-order valence-corrected chi connectivity index (χ2v) is 6.64. The van der Waals surface area contributed by atoms with Gasteiger partial charge in [-0.1, -0.05) is 18.2 Å². The summed E-state index contributed by atoms with van der Waals surface area (Å²) in [5, 5.41) is 15.3. The number of hydrogen-bond acceptors (Lipinski definition) is 5. The summed E-state index contributed by atoms with van der Waals surface area (Å²) in [5.74, 6) is 0.479. The fraction of sp³-hybridized carbons (Fsp3) is 0.200. The Labute approximate surface area is 161 Å². The third-order valence-electron chi connectivity index (χ3n) is 4.68. The molecule has 1 atom stereocenters. The van der Waals surface area contributed by atoms with Gasteiger partial charge in [-0.2, -0.15) is 0 Å². The van der Waals surface area contributed by atoms with E-state index < -0.39 is 6.09 Å². The lowest BCUT2D eigenvalue weighted by atomic mass is 10.2. The van der Waals surface area contributed by atoms with Crippen LogP contribution in [-0.2, 0) is 0 Å². The van der Waals surface area contributed by atoms with Gasteiger partial charge in [-0.25, -0.2) is 14.8 Å². The van der Waals surface area contributed by atoms with Crippen molar-refractivity contribution >= 4 is 34.5 Å². The van der Waals surface area contributed by atoms with Gasteiger partial charge in [-0.15, -0.1) is 0 Å². The quantitative estimate of drug-likeness (QED) is 0.645. The highest BCUT2D eigenvalue weighted by Crippen LogP contribution is 2.19. The summed E-state index contributed by atoms with van der Waals surface area (Å²) in [6.45, 7) is 1.20. The Morgan fingerprint density at radius 3 is 2.68 bits per heavy atom. The molecule has 0 unspecified atom stereocenters. The molecule has 0 saturated carbocycles. The van der Waals surface area contributed by atoms with E-state index in [0.717, 1.165) is 17.3 Å². The number of benzene rings is 2. The largest absolute Gasteiger partial charge is 0.465 e. The van der Waals surface area contributed by atoms with Crippen molar-refractivity contribution < 1.29 is 14.7 Å². The van der Waals surface area contributed by atoms with Crippen LogP contribution in [-0.4, -0.2) is 51.1 Å². The van der Waals surface area contributed by atoms with Crippen molar-refractivity contribution in [2.24, 2.45) is 0 Å². The van der Waals surface area contributed by atoms with Crippen LogP contribution in [0, 0.1) is 0 Å². The number of rotatable bonds is 4. The molecule has 3 N–H and O–H groups in total. The third-order valence-corrected chi connectivity index (χ3v) is 4.68. The van der Waals surface area contributed by atoms with Crippen molar-refractivity contribution in [2.75, 3.05) is 23.7 Å². The van der Waals surface area contributed by atoms with Gasteiger partial charge in [0, 0.05) is 42.0 Å². The fourth-order valence-corrected chi connectivity index (χ4v) is 3.29. The Bertz CT molecular complexity index is 1020. The van der Waals surface area contributed by atoms with Gasteiger partial charge in [0.25, 0.3) is 5.91 Å². The molecule has 3 aromatic rings. The number of carbonyl (C=O) groups is 2. The van der Waals surface area contributed by atoms with Crippen molar-refractivity contribution in [3.8, 4) is 0 Å². The van der Waals surface area contributed by atoms with Crippen LogP contribution >= 0.6 is 0 Å². The summed E-state index contributed by atoms with van der Waals surface area (Å²) >= 11 is 0. The van der Waals surface area contributed by atoms with Gasteiger partial charge in [0.1, 0.15) is 0 Å². The van der Waals surface area contributed by atoms with E-state index in [9.17, 15) is 9.59 Å². The number of hydrogen-bond donors (Lipinski definition) is 3. The number of nitrogens with one attached hydrogen (secondary N) is 2. The van der Waals surface area contributed by atoms with Gasteiger partial charge in [0.15, 0.2) is 0 Å². The first-order valence-corrected chi connectivity index (χ1v) is 8.96. The summed E-state index contributed by atoms with van der Waals surface area (Å²) in [7, 11) is 0. The first-order chi connectivity index (χ1) is 13.6. The van der Waals surface area contributed by atoms with Crippen LogP contribution < -0.4 is 10.6 Å². The lowest BCUT2D eigenvalue weighted by molar-refractivity contribution is 0.0791. The minimum Gasteiger partial charge on any atom is -0.465 e. The maximum Gasteiger partial charge on any atom is 0.409 e. The Morgan fingerprint density at radius 2 is 1.89 bits per heavy atom. The van der Waals surface area contributed by atoms with Crippen molar-refractivity contribution in [1.29, 1.82) is 0 Å². The smallest absolute Gasteiger partial charge is 0.409 e. The van der Waals surface area contributed by atoms with Crippen LogP contribution in [0.15, 0.2) is 54.7 Å². The molecule has 4 rings (SSSR count). The summed E-state index contributed by atoms with van der Waals surface area (Å²) in [6.07, 6.45) is 1.46. The Hall–Kier alpha value is -3.68. The van der Waals surface area contributed by atoms with E-state index in [0.29, 0.717) is 30.3 Å². The van der Waals surface area contributed by atoms with Crippen molar-refractivity contribution in [1.82, 2.24) is 14.9 Å². The molecular weight excluding hydrogens is 358 g/mol. The highest BCUT2D eigenvalue weighted by molar-refractivity contribution is 5.95. The molecule has 1 fully saturated rings. The standard InChI is InChI=1S/C20H19N5O3/c26-18(13-5-7-15(8-6-13)23-20(27)28)25-10-9-16(12-25)22-19-21-11-14-3-1-2-4-17(14)24-19/h1-8,11,16,23H,9-10,12H2,(H,27,28)(H,21,22,24)/t16-/m0/s1. The Balaban J connectivity index is 1.38. The lowest BCUT2D eigenvalue weighted by Crippen LogP contribution is -2.31. The number of fused-ring (bicyclic) bond motifs is 1. The number of para-hydroxylation sites is 1. The Morgan fingerprint density at radius 1 is 1.11 bits per heavy atom. The predicted molar refractivity (Wildman–Crippen MR) is 106 cm³/mol. The predicted octanol–water partition coefficient (Wildman–Crippen LogP) is 3.05. The van der Waals surface area contributed by atoms with Crippen LogP contribution in [0.25, 0.3) is 10.9 Å². The van der Waals surface area contributed by atoms with E-state index in [4.69, 9.17) is 5.11 Å². The maximum atomic E-state index is 12.7. The van der Waals surface area contributed by atoms with E-state index in [-0.39, 0.29) is 11.9 Å². The lowest BCUT2D eigenvalue weighted by Gasteiger charge is -2.17. The monoisotopic (exact) mass is 377 g/mol. The molecule has 1 saturated heterocycles. The SMILES string of the molecule is O=C(O)Nc1ccc(C(=O)N2CC[C@H](Nc3ncc4ccccc4n3)C2)cc1. The first kappa shape index (κ1) is 17.7. The van der Waals surface area contributed by atoms with E-state index in [1.165, 1.54) is 0 Å². The van der Waals surface area contributed by atoms with Gasteiger partial charge in [0.05, 0.1) is 5.52 Å². The van der Waals surface area contributed by atoms with Crippen molar-refractivity contribution in [3.05, 3.63) is 60.3 Å². The summed E-state index contributed by atoms with van der Waals surface area (Å²) in [6, 6.07) is 14.3.